The van der Waals surface area contributed by atoms with Gasteiger partial charge in [0.1, 0.15) is 23.3 Å². The van der Waals surface area contributed by atoms with Gasteiger partial charge in [0.25, 0.3) is 0 Å². The quantitative estimate of drug-likeness (QED) is 0.207. The molecule has 2 atom stereocenters. The Morgan fingerprint density at radius 3 is 2.07 bits per heavy atom. The van der Waals surface area contributed by atoms with Crippen LogP contribution >= 0.6 is 12.2 Å². The first-order valence-electron chi connectivity index (χ1n) is 13.4. The van der Waals surface area contributed by atoms with E-state index in [4.69, 9.17) is 26.7 Å². The summed E-state index contributed by atoms with van der Waals surface area (Å²) in [5, 5.41) is 4.20. The molecule has 3 heterocycles. The van der Waals surface area contributed by atoms with Gasteiger partial charge in [-0.25, -0.2) is 0 Å². The number of hydrogen-bond acceptors (Lipinski definition) is 5. The number of rotatable bonds is 8. The number of thiocarbonyl (C=S) groups is 1. The second-order valence-corrected chi connectivity index (χ2v) is 10.4. The van der Waals surface area contributed by atoms with E-state index in [0.717, 1.165) is 45.7 Å². The van der Waals surface area contributed by atoms with E-state index in [2.05, 4.69) is 62.3 Å². The van der Waals surface area contributed by atoms with Crippen LogP contribution in [-0.2, 0) is 0 Å². The van der Waals surface area contributed by atoms with Crippen LogP contribution in [-0.4, -0.2) is 35.9 Å². The number of anilines is 2. The highest BCUT2D eigenvalue weighted by atomic mass is 32.1. The second kappa shape index (κ2) is 11.3. The summed E-state index contributed by atoms with van der Waals surface area (Å²) < 4.78 is 13.5. The van der Waals surface area contributed by atoms with E-state index in [9.17, 15) is 0 Å². The Bertz CT molecular complexity index is 1620. The smallest absolute Gasteiger partial charge is 0.174 e. The Hall–Kier alpha value is -4.82. The minimum absolute atomic E-state index is 0.144. The van der Waals surface area contributed by atoms with E-state index in [1.807, 2.05) is 87.0 Å². The van der Waals surface area contributed by atoms with Crippen LogP contribution in [0.2, 0.25) is 0 Å². The molecule has 0 bridgehead atoms. The molecular weight excluding hydrogens is 530 g/mol. The molecule has 0 unspecified atom stereocenters. The van der Waals surface area contributed by atoms with Crippen molar-refractivity contribution in [2.75, 3.05) is 31.0 Å². The molecule has 0 amide bonds. The third-order valence-electron chi connectivity index (χ3n) is 7.24. The van der Waals surface area contributed by atoms with Gasteiger partial charge in [0, 0.05) is 49.2 Å². The fraction of sp³-hybridized carbons (Fsp3) is 0.152. The minimum atomic E-state index is -0.145. The van der Waals surface area contributed by atoms with Crippen LogP contribution in [0.3, 0.4) is 0 Å². The molecule has 2 aromatic heterocycles. The van der Waals surface area contributed by atoms with Gasteiger partial charge in [-0.05, 0) is 109 Å². The van der Waals surface area contributed by atoms with E-state index in [1.165, 1.54) is 0 Å². The van der Waals surface area contributed by atoms with Crippen molar-refractivity contribution in [1.82, 2.24) is 14.9 Å². The summed E-state index contributed by atoms with van der Waals surface area (Å²) in [6.07, 6.45) is 3.92. The van der Waals surface area contributed by atoms with Crippen LogP contribution in [0.15, 0.2) is 116 Å². The van der Waals surface area contributed by atoms with Crippen LogP contribution in [0, 0.1) is 0 Å². The zero-order chi connectivity index (χ0) is 28.3. The summed E-state index contributed by atoms with van der Waals surface area (Å²) in [5.74, 6) is 2.26. The van der Waals surface area contributed by atoms with Crippen molar-refractivity contribution >= 4 is 28.7 Å². The van der Waals surface area contributed by atoms with Gasteiger partial charge in [0.15, 0.2) is 5.11 Å². The van der Waals surface area contributed by atoms with Crippen molar-refractivity contribution in [3.05, 3.63) is 127 Å². The molecule has 1 N–H and O–H groups in total. The van der Waals surface area contributed by atoms with Crippen molar-refractivity contribution in [1.29, 1.82) is 0 Å². The first-order valence-corrected chi connectivity index (χ1v) is 13.8. The summed E-state index contributed by atoms with van der Waals surface area (Å²) in [4.78, 5) is 8.97. The number of nitrogens with zero attached hydrogens (tertiary/aromatic N) is 4. The van der Waals surface area contributed by atoms with Gasteiger partial charge in [0.05, 0.1) is 18.8 Å². The lowest BCUT2D eigenvalue weighted by atomic mass is 10.0. The normalized spacial score (nSPS) is 16.4. The van der Waals surface area contributed by atoms with Crippen LogP contribution in [0.5, 0.6) is 17.2 Å². The first kappa shape index (κ1) is 26.4. The predicted octanol–water partition coefficient (Wildman–Crippen LogP) is 6.92. The zero-order valence-corrected chi connectivity index (χ0v) is 24.0. The maximum Gasteiger partial charge on any atom is 0.174 e. The number of ether oxygens (including phenoxy) is 2. The lowest BCUT2D eigenvalue weighted by Crippen LogP contribution is -2.30. The number of aromatic nitrogens is 2. The number of pyridine rings is 1. The largest absolute Gasteiger partial charge is 0.497 e. The van der Waals surface area contributed by atoms with Crippen molar-refractivity contribution in [3.8, 4) is 22.9 Å². The van der Waals surface area contributed by atoms with E-state index < -0.39 is 0 Å². The first-order chi connectivity index (χ1) is 20.0. The number of hydrogen-bond donors (Lipinski definition) is 1. The minimum Gasteiger partial charge on any atom is -0.497 e. The summed E-state index contributed by atoms with van der Waals surface area (Å²) in [7, 11) is 5.74. The number of benzene rings is 3. The van der Waals surface area contributed by atoms with Gasteiger partial charge in [-0.1, -0.05) is 6.07 Å². The lowest BCUT2D eigenvalue weighted by Gasteiger charge is -2.29. The average molecular weight is 562 g/mol. The topological polar surface area (TPSA) is 54.8 Å². The standard InChI is InChI=1S/C33H31N5O2S/c1-36(2)23-9-11-24(12-10-23)37-22-6-8-30(37)32-31(29-7-4-5-21-34-29)35-33(41)38(32)25-13-15-27(16-14-25)40-28-19-17-26(39-3)18-20-28/h4-22,31-32H,1-3H3,(H,35,41)/t31-,32-/m0/s1. The fourth-order valence-corrected chi connectivity index (χ4v) is 5.52. The Balaban J connectivity index is 1.36. The summed E-state index contributed by atoms with van der Waals surface area (Å²) >= 11 is 5.95. The van der Waals surface area contributed by atoms with Gasteiger partial charge in [0.2, 0.25) is 0 Å². The highest BCUT2D eigenvalue weighted by molar-refractivity contribution is 7.80. The molecular formula is C33H31N5O2S. The molecule has 0 aliphatic carbocycles. The second-order valence-electron chi connectivity index (χ2n) is 9.98. The predicted molar refractivity (Wildman–Crippen MR) is 168 cm³/mol. The Kier molecular flexibility index (Phi) is 7.31. The van der Waals surface area contributed by atoms with Crippen molar-refractivity contribution in [3.63, 3.8) is 0 Å². The summed E-state index contributed by atoms with van der Waals surface area (Å²) in [6, 6.07) is 34.0. The Morgan fingerprint density at radius 2 is 1.44 bits per heavy atom. The molecule has 8 heteroatoms. The maximum atomic E-state index is 6.08. The van der Waals surface area contributed by atoms with Crippen molar-refractivity contribution in [2.45, 2.75) is 12.1 Å². The lowest BCUT2D eigenvalue weighted by molar-refractivity contribution is 0.413. The Morgan fingerprint density at radius 1 is 0.780 bits per heavy atom. The average Bonchev–Trinajstić information content (AvgIpc) is 3.63. The molecule has 0 radical (unpaired) electrons. The molecule has 5 aromatic rings. The SMILES string of the molecule is COc1ccc(Oc2ccc(N3C(=S)N[C@@H](c4ccccn4)[C@@H]3c3cccn3-c3ccc(N(C)C)cc3)cc2)cc1. The van der Waals surface area contributed by atoms with E-state index >= 15 is 0 Å². The third-order valence-corrected chi connectivity index (χ3v) is 7.55. The van der Waals surface area contributed by atoms with Crippen LogP contribution < -0.4 is 24.6 Å². The molecule has 1 aliphatic rings. The van der Waals surface area contributed by atoms with Gasteiger partial charge in [-0.2, -0.15) is 0 Å². The molecule has 6 rings (SSSR count). The van der Waals surface area contributed by atoms with E-state index in [1.54, 1.807) is 7.11 Å². The zero-order valence-electron chi connectivity index (χ0n) is 23.1. The van der Waals surface area contributed by atoms with Gasteiger partial charge < -0.3 is 29.2 Å². The van der Waals surface area contributed by atoms with Crippen molar-refractivity contribution in [2.24, 2.45) is 0 Å². The van der Waals surface area contributed by atoms with Gasteiger partial charge in [-0.15, -0.1) is 0 Å². The molecule has 3 aromatic carbocycles. The Labute approximate surface area is 245 Å². The van der Waals surface area contributed by atoms with Crippen LogP contribution in [0.25, 0.3) is 5.69 Å². The monoisotopic (exact) mass is 561 g/mol. The van der Waals surface area contributed by atoms with Crippen LogP contribution in [0.4, 0.5) is 11.4 Å². The summed E-state index contributed by atoms with van der Waals surface area (Å²) in [6.45, 7) is 0. The highest BCUT2D eigenvalue weighted by Gasteiger charge is 2.42. The molecule has 1 saturated heterocycles. The number of methoxy groups -OCH3 is 1. The molecule has 206 valence electrons. The molecule has 41 heavy (non-hydrogen) atoms. The fourth-order valence-electron chi connectivity index (χ4n) is 5.17. The van der Waals surface area contributed by atoms with E-state index in [-0.39, 0.29) is 12.1 Å². The highest BCUT2D eigenvalue weighted by Crippen LogP contribution is 2.42. The van der Waals surface area contributed by atoms with Gasteiger partial charge in [-0.3, -0.25) is 4.98 Å². The van der Waals surface area contributed by atoms with E-state index in [0.29, 0.717) is 5.11 Å². The third kappa shape index (κ3) is 5.34. The molecule has 1 aliphatic heterocycles. The maximum absolute atomic E-state index is 6.08. The van der Waals surface area contributed by atoms with Crippen molar-refractivity contribution < 1.29 is 9.47 Å². The van der Waals surface area contributed by atoms with Gasteiger partial charge >= 0.3 is 0 Å². The molecule has 0 saturated carbocycles. The molecule has 1 fully saturated rings. The molecule has 7 nitrogen and oxygen atoms in total. The number of nitrogens with one attached hydrogen (secondary N) is 1. The van der Waals surface area contributed by atoms with Crippen LogP contribution in [0.1, 0.15) is 23.5 Å². The molecule has 0 spiro atoms. The summed E-state index contributed by atoms with van der Waals surface area (Å²) in [5.41, 5.74) is 5.22.